The number of nitrogens with two attached hydrogens (primary N) is 1. The molecule has 1 fully saturated rings. The van der Waals surface area contributed by atoms with Gasteiger partial charge < -0.3 is 20.1 Å². The van der Waals surface area contributed by atoms with E-state index in [0.717, 1.165) is 48.9 Å². The molecule has 2 aliphatic rings. The number of amides is 1. The molecule has 0 aromatic carbocycles. The van der Waals surface area contributed by atoms with Crippen LogP contribution in [0.2, 0.25) is 0 Å². The Kier molecular flexibility index (Phi) is 9.55. The minimum Gasteiger partial charge on any atom is -0.376 e. The number of ether oxygens (including phenoxy) is 2. The van der Waals surface area contributed by atoms with E-state index < -0.39 is 0 Å². The third-order valence-corrected chi connectivity index (χ3v) is 4.57. The molecule has 2 heterocycles. The number of carbonyl (C=O) groups is 1. The highest BCUT2D eigenvalue weighted by atomic mass is 16.5. The van der Waals surface area contributed by atoms with Gasteiger partial charge in [0.2, 0.25) is 6.41 Å². The molecule has 0 spiro atoms. The van der Waals surface area contributed by atoms with Crippen LogP contribution in [-0.2, 0) is 14.3 Å². The number of hydrogen-bond donors (Lipinski definition) is 1. The molecule has 0 bridgehead atoms. The lowest BCUT2D eigenvalue weighted by Crippen LogP contribution is -2.40. The Morgan fingerprint density at radius 1 is 1.38 bits per heavy atom. The second-order valence-electron chi connectivity index (χ2n) is 6.92. The van der Waals surface area contributed by atoms with Gasteiger partial charge in [-0.3, -0.25) is 4.79 Å². The van der Waals surface area contributed by atoms with Crippen molar-refractivity contribution in [3.05, 3.63) is 48.6 Å². The average Bonchev–Trinajstić information content (AvgIpc) is 2.62. The molecule has 26 heavy (non-hydrogen) atoms. The number of rotatable bonds is 6. The van der Waals surface area contributed by atoms with Gasteiger partial charge in [-0.05, 0) is 51.2 Å². The highest BCUT2D eigenvalue weighted by Gasteiger charge is 2.26. The van der Waals surface area contributed by atoms with Gasteiger partial charge in [-0.1, -0.05) is 37.5 Å². The molecule has 0 saturated carbocycles. The van der Waals surface area contributed by atoms with Crippen LogP contribution in [0.1, 0.15) is 40.0 Å². The summed E-state index contributed by atoms with van der Waals surface area (Å²) in [6.07, 6.45) is 7.95. The first-order valence-electron chi connectivity index (χ1n) is 9.21. The quantitative estimate of drug-likeness (QED) is 0.447. The van der Waals surface area contributed by atoms with Gasteiger partial charge in [-0.25, -0.2) is 0 Å². The van der Waals surface area contributed by atoms with Gasteiger partial charge in [0.15, 0.2) is 0 Å². The third kappa shape index (κ3) is 6.56. The number of allylic oxidation sites excluding steroid dienone is 1. The van der Waals surface area contributed by atoms with Crippen LogP contribution in [-0.4, -0.2) is 48.9 Å². The van der Waals surface area contributed by atoms with Crippen molar-refractivity contribution >= 4 is 6.41 Å². The van der Waals surface area contributed by atoms with E-state index in [1.165, 1.54) is 0 Å². The zero-order valence-electron chi connectivity index (χ0n) is 16.4. The monoisotopic (exact) mass is 362 g/mol. The van der Waals surface area contributed by atoms with Gasteiger partial charge in [-0.2, -0.15) is 0 Å². The summed E-state index contributed by atoms with van der Waals surface area (Å²) in [5, 5.41) is 0. The van der Waals surface area contributed by atoms with Gasteiger partial charge in [0.1, 0.15) is 6.23 Å². The van der Waals surface area contributed by atoms with Crippen LogP contribution >= 0.6 is 0 Å². The third-order valence-electron chi connectivity index (χ3n) is 4.57. The molecule has 0 aliphatic carbocycles. The number of carbonyl (C=O) groups excluding carboxylic acids is 1. The molecule has 146 valence electrons. The standard InChI is InChI=1S/C13H17NO.C8H17NO2/c1-5-11-7-8-14(9-15)13(10(3)4)12(11)6-2;1-6-3-4-8(5-10-6)11-7(2)9/h5-6,9,13H,1-3,7-8H2,4H3;6-8H,3-5,9H2,1-2H3/t13-;6-,7?,8?/m00/s1. The van der Waals surface area contributed by atoms with Gasteiger partial charge in [0.05, 0.1) is 24.9 Å². The van der Waals surface area contributed by atoms with Gasteiger partial charge in [-0.15, -0.1) is 0 Å². The Hall–Kier alpha value is -1.69. The molecule has 5 heteroatoms. The van der Waals surface area contributed by atoms with Crippen LogP contribution in [0.3, 0.4) is 0 Å². The molecule has 2 unspecified atom stereocenters. The maximum atomic E-state index is 10.9. The van der Waals surface area contributed by atoms with Crippen LogP contribution in [0.15, 0.2) is 48.6 Å². The minimum absolute atomic E-state index is 0.0400. The number of nitrogens with zero attached hydrogens (tertiary/aromatic N) is 1. The predicted octanol–water partition coefficient (Wildman–Crippen LogP) is 3.34. The Bertz CT molecular complexity index is 531. The Morgan fingerprint density at radius 3 is 2.50 bits per heavy atom. The van der Waals surface area contributed by atoms with E-state index in [9.17, 15) is 4.79 Å². The lowest BCUT2D eigenvalue weighted by molar-refractivity contribution is -0.119. The zero-order valence-corrected chi connectivity index (χ0v) is 16.4. The summed E-state index contributed by atoms with van der Waals surface area (Å²) in [6.45, 7) is 18.8. The fraction of sp³-hybridized carbons (Fsp3) is 0.571. The molecular formula is C21H34N2O3. The lowest BCUT2D eigenvalue weighted by atomic mass is 9.89. The molecule has 1 amide bonds. The molecule has 2 rings (SSSR count). The second kappa shape index (κ2) is 11.1. The maximum Gasteiger partial charge on any atom is 0.210 e. The summed E-state index contributed by atoms with van der Waals surface area (Å²) in [6, 6.07) is -0.0400. The van der Waals surface area contributed by atoms with Crippen molar-refractivity contribution in [3.8, 4) is 0 Å². The van der Waals surface area contributed by atoms with Gasteiger partial charge in [0, 0.05) is 6.54 Å². The summed E-state index contributed by atoms with van der Waals surface area (Å²) in [5.74, 6) is 0. The topological polar surface area (TPSA) is 64.8 Å². The summed E-state index contributed by atoms with van der Waals surface area (Å²) >= 11 is 0. The molecule has 0 aromatic rings. The van der Waals surface area contributed by atoms with Crippen LogP contribution in [0.5, 0.6) is 0 Å². The summed E-state index contributed by atoms with van der Waals surface area (Å²) in [7, 11) is 0. The number of hydrogen-bond acceptors (Lipinski definition) is 4. The summed E-state index contributed by atoms with van der Waals surface area (Å²) < 4.78 is 10.8. The van der Waals surface area contributed by atoms with E-state index >= 15 is 0 Å². The molecule has 5 nitrogen and oxygen atoms in total. The highest BCUT2D eigenvalue weighted by molar-refractivity contribution is 5.55. The predicted molar refractivity (Wildman–Crippen MR) is 107 cm³/mol. The molecule has 1 saturated heterocycles. The highest BCUT2D eigenvalue weighted by Crippen LogP contribution is 2.28. The van der Waals surface area contributed by atoms with Crippen LogP contribution < -0.4 is 5.73 Å². The fourth-order valence-corrected chi connectivity index (χ4v) is 3.27. The normalized spacial score (nSPS) is 27.1. The van der Waals surface area contributed by atoms with Gasteiger partial charge >= 0.3 is 0 Å². The lowest BCUT2D eigenvalue weighted by Gasteiger charge is -2.35. The maximum absolute atomic E-state index is 10.9. The minimum atomic E-state index is -0.169. The van der Waals surface area contributed by atoms with E-state index in [2.05, 4.69) is 26.7 Å². The molecular weight excluding hydrogens is 328 g/mol. The van der Waals surface area contributed by atoms with Crippen molar-refractivity contribution < 1.29 is 14.3 Å². The smallest absolute Gasteiger partial charge is 0.210 e. The van der Waals surface area contributed by atoms with E-state index in [0.29, 0.717) is 12.7 Å². The van der Waals surface area contributed by atoms with E-state index in [1.807, 2.05) is 19.9 Å². The van der Waals surface area contributed by atoms with E-state index in [4.69, 9.17) is 15.2 Å². The van der Waals surface area contributed by atoms with E-state index in [-0.39, 0.29) is 18.4 Å². The van der Waals surface area contributed by atoms with E-state index in [1.54, 1.807) is 11.0 Å². The van der Waals surface area contributed by atoms with Crippen LogP contribution in [0.4, 0.5) is 0 Å². The van der Waals surface area contributed by atoms with Crippen molar-refractivity contribution in [1.82, 2.24) is 4.90 Å². The first-order chi connectivity index (χ1) is 12.3. The summed E-state index contributed by atoms with van der Waals surface area (Å²) in [5.41, 5.74) is 8.65. The molecule has 2 aliphatic heterocycles. The van der Waals surface area contributed by atoms with Crippen LogP contribution in [0.25, 0.3) is 0 Å². The fourth-order valence-electron chi connectivity index (χ4n) is 3.27. The molecule has 4 atom stereocenters. The van der Waals surface area contributed by atoms with Gasteiger partial charge in [0.25, 0.3) is 0 Å². The first kappa shape index (κ1) is 22.4. The first-order valence-corrected chi connectivity index (χ1v) is 9.21. The zero-order chi connectivity index (χ0) is 19.7. The Balaban J connectivity index is 0.000000273. The summed E-state index contributed by atoms with van der Waals surface area (Å²) in [4.78, 5) is 12.7. The second-order valence-corrected chi connectivity index (χ2v) is 6.92. The van der Waals surface area contributed by atoms with Crippen molar-refractivity contribution in [2.75, 3.05) is 13.2 Å². The molecule has 2 N–H and O–H groups in total. The molecule has 0 aromatic heterocycles. The van der Waals surface area contributed by atoms with Crippen molar-refractivity contribution in [2.24, 2.45) is 5.73 Å². The average molecular weight is 363 g/mol. The molecule has 0 radical (unpaired) electrons. The largest absolute Gasteiger partial charge is 0.376 e. The Labute approximate surface area is 158 Å². The van der Waals surface area contributed by atoms with Crippen molar-refractivity contribution in [1.29, 1.82) is 0 Å². The SMILES string of the molecule is C=CC1=C(C=C)[C@H](C(=C)C)N(C=O)CC1.CC(N)OC1CC[C@H](C)OC1. The van der Waals surface area contributed by atoms with Crippen LogP contribution in [0, 0.1) is 0 Å². The van der Waals surface area contributed by atoms with Crippen molar-refractivity contribution in [2.45, 2.75) is 64.5 Å². The Morgan fingerprint density at radius 2 is 2.08 bits per heavy atom. The van der Waals surface area contributed by atoms with Crippen molar-refractivity contribution in [3.63, 3.8) is 0 Å².